The summed E-state index contributed by atoms with van der Waals surface area (Å²) in [6, 6.07) is 12.1. The summed E-state index contributed by atoms with van der Waals surface area (Å²) in [5.41, 5.74) is 0.830. The number of amides is 1. The van der Waals surface area contributed by atoms with Crippen LogP contribution in [0.2, 0.25) is 5.02 Å². The number of nitrogens with one attached hydrogen (secondary N) is 1. The van der Waals surface area contributed by atoms with E-state index in [1.165, 1.54) is 24.3 Å². The maximum Gasteiger partial charge on any atom is 0.338 e. The van der Waals surface area contributed by atoms with Gasteiger partial charge in [0.2, 0.25) is 5.91 Å². The number of carbonyl (C=O) groups is 2. The molecule has 0 atom stereocenters. The molecule has 1 N–H and O–H groups in total. The van der Waals surface area contributed by atoms with Gasteiger partial charge in [0.1, 0.15) is 0 Å². The Hall–Kier alpha value is -2.38. The van der Waals surface area contributed by atoms with E-state index in [0.29, 0.717) is 16.3 Å². The Labute approximate surface area is 157 Å². The van der Waals surface area contributed by atoms with E-state index in [1.54, 1.807) is 31.2 Å². The number of carbonyl (C=O) groups excluding carboxylic acids is 2. The zero-order chi connectivity index (χ0) is 19.2. The van der Waals surface area contributed by atoms with Crippen LogP contribution in [0.1, 0.15) is 23.7 Å². The van der Waals surface area contributed by atoms with Crippen molar-refractivity contribution in [3.8, 4) is 0 Å². The largest absolute Gasteiger partial charge is 0.462 e. The van der Waals surface area contributed by atoms with Gasteiger partial charge in [0.15, 0.2) is 9.84 Å². The fourth-order valence-electron chi connectivity index (χ4n) is 2.13. The highest BCUT2D eigenvalue weighted by atomic mass is 35.5. The van der Waals surface area contributed by atoms with E-state index < -0.39 is 21.7 Å². The lowest BCUT2D eigenvalue weighted by molar-refractivity contribution is -0.115. The number of hydrogen-bond acceptors (Lipinski definition) is 5. The molecule has 2 aromatic rings. The first-order valence-electron chi connectivity index (χ1n) is 7.87. The topological polar surface area (TPSA) is 89.5 Å². The van der Waals surface area contributed by atoms with E-state index in [4.69, 9.17) is 16.3 Å². The van der Waals surface area contributed by atoms with Crippen molar-refractivity contribution >= 4 is 39.0 Å². The molecule has 0 radical (unpaired) electrons. The van der Waals surface area contributed by atoms with Crippen LogP contribution in [-0.2, 0) is 19.4 Å². The number of anilines is 1. The molecular weight excluding hydrogens is 378 g/mol. The number of ether oxygens (including phenoxy) is 1. The van der Waals surface area contributed by atoms with Crippen LogP contribution < -0.4 is 5.32 Å². The van der Waals surface area contributed by atoms with Crippen LogP contribution in [0.4, 0.5) is 5.69 Å². The van der Waals surface area contributed by atoms with Crippen LogP contribution in [0.5, 0.6) is 0 Å². The van der Waals surface area contributed by atoms with Gasteiger partial charge in [-0.3, -0.25) is 4.79 Å². The number of halogens is 1. The standard InChI is InChI=1S/C18H18ClNO5S/c1-2-25-18(22)13-6-8-15(9-7-13)20-17(21)10-11-26(23,24)16-5-3-4-14(19)12-16/h3-9,12H,2,10-11H2,1H3,(H,20,21). The third-order valence-corrected chi connectivity index (χ3v) is 5.38. The molecule has 0 unspecified atom stereocenters. The van der Waals surface area contributed by atoms with Gasteiger partial charge < -0.3 is 10.1 Å². The molecule has 0 bridgehead atoms. The van der Waals surface area contributed by atoms with Gasteiger partial charge in [-0.25, -0.2) is 13.2 Å². The minimum absolute atomic E-state index is 0.0802. The van der Waals surface area contributed by atoms with Crippen molar-refractivity contribution in [3.05, 3.63) is 59.1 Å². The van der Waals surface area contributed by atoms with Crippen LogP contribution in [0, 0.1) is 0 Å². The zero-order valence-electron chi connectivity index (χ0n) is 14.1. The first kappa shape index (κ1) is 19.9. The Kier molecular flexibility index (Phi) is 6.76. The van der Waals surface area contributed by atoms with Crippen molar-refractivity contribution in [1.29, 1.82) is 0 Å². The third-order valence-electron chi connectivity index (χ3n) is 3.43. The third kappa shape index (κ3) is 5.57. The summed E-state index contributed by atoms with van der Waals surface area (Å²) in [7, 11) is -3.60. The SMILES string of the molecule is CCOC(=O)c1ccc(NC(=O)CCS(=O)(=O)c2cccc(Cl)c2)cc1. The van der Waals surface area contributed by atoms with Crippen LogP contribution >= 0.6 is 11.6 Å². The van der Waals surface area contributed by atoms with Crippen LogP contribution in [0.3, 0.4) is 0 Å². The van der Waals surface area contributed by atoms with Crippen molar-refractivity contribution in [2.45, 2.75) is 18.2 Å². The molecule has 6 nitrogen and oxygen atoms in total. The molecule has 0 saturated carbocycles. The Morgan fingerprint density at radius 3 is 2.42 bits per heavy atom. The van der Waals surface area contributed by atoms with Crippen molar-refractivity contribution < 1.29 is 22.7 Å². The summed E-state index contributed by atoms with van der Waals surface area (Å²) in [6.45, 7) is 1.99. The minimum atomic E-state index is -3.60. The van der Waals surface area contributed by atoms with Crippen molar-refractivity contribution in [2.75, 3.05) is 17.7 Å². The highest BCUT2D eigenvalue weighted by Gasteiger charge is 2.17. The predicted molar refractivity (Wildman–Crippen MR) is 99.2 cm³/mol. The van der Waals surface area contributed by atoms with Crippen LogP contribution in [-0.4, -0.2) is 32.7 Å². The zero-order valence-corrected chi connectivity index (χ0v) is 15.6. The molecule has 0 aliphatic rings. The second-order valence-corrected chi connectivity index (χ2v) is 7.92. The molecule has 8 heteroatoms. The fourth-order valence-corrected chi connectivity index (χ4v) is 3.67. The Morgan fingerprint density at radius 2 is 1.81 bits per heavy atom. The predicted octanol–water partition coefficient (Wildman–Crippen LogP) is 3.32. The molecular formula is C18H18ClNO5S. The van der Waals surface area contributed by atoms with Crippen molar-refractivity contribution in [2.24, 2.45) is 0 Å². The van der Waals surface area contributed by atoms with E-state index in [9.17, 15) is 18.0 Å². The monoisotopic (exact) mass is 395 g/mol. The molecule has 0 heterocycles. The maximum absolute atomic E-state index is 12.2. The normalized spacial score (nSPS) is 11.0. The summed E-state index contributed by atoms with van der Waals surface area (Å²) < 4.78 is 29.3. The van der Waals surface area contributed by atoms with E-state index in [0.717, 1.165) is 0 Å². The molecule has 0 fully saturated rings. The molecule has 0 aliphatic carbocycles. The number of rotatable bonds is 7. The lowest BCUT2D eigenvalue weighted by atomic mass is 10.2. The Morgan fingerprint density at radius 1 is 1.12 bits per heavy atom. The summed E-state index contributed by atoms with van der Waals surface area (Å²) in [5.74, 6) is -1.22. The molecule has 1 amide bonds. The number of sulfone groups is 1. The van der Waals surface area contributed by atoms with Gasteiger partial charge in [0, 0.05) is 17.1 Å². The van der Waals surface area contributed by atoms with E-state index in [-0.39, 0.29) is 23.7 Å². The second kappa shape index (κ2) is 8.82. The van der Waals surface area contributed by atoms with E-state index >= 15 is 0 Å². The number of hydrogen-bond donors (Lipinski definition) is 1. The summed E-state index contributed by atoms with van der Waals surface area (Å²) in [4.78, 5) is 23.6. The van der Waals surface area contributed by atoms with Gasteiger partial charge in [-0.15, -0.1) is 0 Å². The van der Waals surface area contributed by atoms with Gasteiger partial charge >= 0.3 is 5.97 Å². The molecule has 2 aromatic carbocycles. The summed E-state index contributed by atoms with van der Waals surface area (Å²) in [5, 5.41) is 2.91. The van der Waals surface area contributed by atoms with Crippen LogP contribution in [0.25, 0.3) is 0 Å². The van der Waals surface area contributed by atoms with Crippen LogP contribution in [0.15, 0.2) is 53.4 Å². The first-order valence-corrected chi connectivity index (χ1v) is 9.90. The summed E-state index contributed by atoms with van der Waals surface area (Å²) in [6.07, 6.45) is -0.200. The van der Waals surface area contributed by atoms with Gasteiger partial charge in [-0.2, -0.15) is 0 Å². The molecule has 0 spiro atoms. The smallest absolute Gasteiger partial charge is 0.338 e. The van der Waals surface area contributed by atoms with Gasteiger partial charge in [-0.1, -0.05) is 17.7 Å². The molecule has 0 saturated heterocycles. The van der Waals surface area contributed by atoms with E-state index in [2.05, 4.69) is 5.32 Å². The number of esters is 1. The molecule has 2 rings (SSSR count). The molecule has 0 aliphatic heterocycles. The lowest BCUT2D eigenvalue weighted by Gasteiger charge is -2.07. The maximum atomic E-state index is 12.2. The Bertz CT molecular complexity index is 894. The minimum Gasteiger partial charge on any atom is -0.462 e. The quantitative estimate of drug-likeness (QED) is 0.726. The Balaban J connectivity index is 1.93. The number of benzene rings is 2. The van der Waals surface area contributed by atoms with Gasteiger partial charge in [-0.05, 0) is 49.4 Å². The highest BCUT2D eigenvalue weighted by molar-refractivity contribution is 7.91. The average Bonchev–Trinajstić information content (AvgIpc) is 2.61. The second-order valence-electron chi connectivity index (χ2n) is 5.37. The molecule has 0 aromatic heterocycles. The van der Waals surface area contributed by atoms with Crippen molar-refractivity contribution in [3.63, 3.8) is 0 Å². The average molecular weight is 396 g/mol. The van der Waals surface area contributed by atoms with Gasteiger partial charge in [0.05, 0.1) is 22.8 Å². The molecule has 26 heavy (non-hydrogen) atoms. The molecule has 138 valence electrons. The fraction of sp³-hybridized carbons (Fsp3) is 0.222. The van der Waals surface area contributed by atoms with Crippen molar-refractivity contribution in [1.82, 2.24) is 0 Å². The summed E-state index contributed by atoms with van der Waals surface area (Å²) >= 11 is 5.80. The first-order chi connectivity index (χ1) is 12.3. The van der Waals surface area contributed by atoms with Gasteiger partial charge in [0.25, 0.3) is 0 Å². The highest BCUT2D eigenvalue weighted by Crippen LogP contribution is 2.18. The lowest BCUT2D eigenvalue weighted by Crippen LogP contribution is -2.17. The van der Waals surface area contributed by atoms with E-state index in [1.807, 2.05) is 0 Å².